The van der Waals surface area contributed by atoms with Crippen molar-refractivity contribution in [2.24, 2.45) is 0 Å². The molecule has 1 aliphatic heterocycles. The summed E-state index contributed by atoms with van der Waals surface area (Å²) >= 11 is 0. The molecule has 2 amide bonds. The van der Waals surface area contributed by atoms with E-state index in [1.165, 1.54) is 0 Å². The minimum Gasteiger partial charge on any atom is -0.378 e. The van der Waals surface area contributed by atoms with Crippen LogP contribution in [0.2, 0.25) is 0 Å². The summed E-state index contributed by atoms with van der Waals surface area (Å²) < 4.78 is 5.34. The van der Waals surface area contributed by atoms with Gasteiger partial charge in [0.05, 0.1) is 13.2 Å². The van der Waals surface area contributed by atoms with E-state index in [2.05, 4.69) is 16.0 Å². The van der Waals surface area contributed by atoms with Crippen molar-refractivity contribution in [2.75, 3.05) is 25.1 Å². The number of carbonyl (C=O) groups is 2. The number of amides is 2. The second kappa shape index (κ2) is 8.26. The quantitative estimate of drug-likeness (QED) is 0.743. The van der Waals surface area contributed by atoms with Gasteiger partial charge in [0, 0.05) is 35.8 Å². The van der Waals surface area contributed by atoms with Crippen LogP contribution >= 0.6 is 0 Å². The molecule has 1 aromatic rings. The van der Waals surface area contributed by atoms with Gasteiger partial charge in [-0.15, -0.1) is 0 Å². The van der Waals surface area contributed by atoms with Crippen LogP contribution in [0.4, 0.5) is 5.69 Å². The van der Waals surface area contributed by atoms with Crippen LogP contribution in [-0.4, -0.2) is 43.2 Å². The molecule has 0 spiro atoms. The summed E-state index contributed by atoms with van der Waals surface area (Å²) in [7, 11) is 0. The van der Waals surface area contributed by atoms with E-state index in [1.54, 1.807) is 24.3 Å². The van der Waals surface area contributed by atoms with Gasteiger partial charge in [0.15, 0.2) is 0 Å². The summed E-state index contributed by atoms with van der Waals surface area (Å²) in [6, 6.07) is 6.99. The fourth-order valence-corrected chi connectivity index (χ4v) is 2.36. The van der Waals surface area contributed by atoms with Crippen molar-refractivity contribution in [2.45, 2.75) is 45.2 Å². The number of hydrogen-bond acceptors (Lipinski definition) is 4. The highest BCUT2D eigenvalue weighted by Gasteiger charge is 2.19. The topological polar surface area (TPSA) is 79.5 Å². The van der Waals surface area contributed by atoms with Crippen molar-refractivity contribution < 1.29 is 14.3 Å². The minimum absolute atomic E-state index is 0.0556. The Hall–Kier alpha value is -1.92. The number of nitrogens with one attached hydrogen (secondary N) is 3. The van der Waals surface area contributed by atoms with Crippen LogP contribution in [0, 0.1) is 0 Å². The van der Waals surface area contributed by atoms with Gasteiger partial charge in [-0.3, -0.25) is 9.59 Å². The summed E-state index contributed by atoms with van der Waals surface area (Å²) in [5.41, 5.74) is 1.03. The first-order valence-corrected chi connectivity index (χ1v) is 8.43. The van der Waals surface area contributed by atoms with E-state index in [0.29, 0.717) is 30.9 Å². The largest absolute Gasteiger partial charge is 0.378 e. The molecule has 0 aromatic heterocycles. The number of benzene rings is 1. The van der Waals surface area contributed by atoms with Crippen LogP contribution in [0.1, 0.15) is 44.0 Å². The zero-order chi connectivity index (χ0) is 17.6. The standard InChI is InChI=1S/C18H27N3O3/c1-4-18(2,3)21-17(23)13-5-7-14(8-6-13)20-16(22)11-15-12-24-10-9-19-15/h5-8,15,19H,4,9-12H2,1-3H3,(H,20,22)(H,21,23). The average Bonchev–Trinajstić information content (AvgIpc) is 2.56. The van der Waals surface area contributed by atoms with Crippen LogP contribution < -0.4 is 16.0 Å². The number of morpholine rings is 1. The molecule has 1 heterocycles. The lowest BCUT2D eigenvalue weighted by atomic mass is 10.0. The highest BCUT2D eigenvalue weighted by molar-refractivity contribution is 5.96. The molecule has 0 bridgehead atoms. The second-order valence-electron chi connectivity index (χ2n) is 6.75. The first-order valence-electron chi connectivity index (χ1n) is 8.43. The Bertz CT molecular complexity index is 563. The first kappa shape index (κ1) is 18.4. The Balaban J connectivity index is 1.87. The van der Waals surface area contributed by atoms with Gasteiger partial charge in [-0.05, 0) is 44.5 Å². The molecular formula is C18H27N3O3. The molecular weight excluding hydrogens is 306 g/mol. The average molecular weight is 333 g/mol. The fraction of sp³-hybridized carbons (Fsp3) is 0.556. The van der Waals surface area contributed by atoms with Crippen LogP contribution in [0.15, 0.2) is 24.3 Å². The molecule has 1 saturated heterocycles. The lowest BCUT2D eigenvalue weighted by Gasteiger charge is -2.24. The monoisotopic (exact) mass is 333 g/mol. The SMILES string of the molecule is CCC(C)(C)NC(=O)c1ccc(NC(=O)CC2COCCN2)cc1. The van der Waals surface area contributed by atoms with Crippen LogP contribution in [0.3, 0.4) is 0 Å². The summed E-state index contributed by atoms with van der Waals surface area (Å²) in [4.78, 5) is 24.2. The Labute approximate surface area is 143 Å². The number of rotatable bonds is 6. The number of anilines is 1. The van der Waals surface area contributed by atoms with Gasteiger partial charge in [-0.1, -0.05) is 6.92 Å². The van der Waals surface area contributed by atoms with Gasteiger partial charge < -0.3 is 20.7 Å². The van der Waals surface area contributed by atoms with Crippen molar-refractivity contribution in [3.8, 4) is 0 Å². The minimum atomic E-state index is -0.237. The molecule has 1 aromatic carbocycles. The van der Waals surface area contributed by atoms with Gasteiger partial charge in [0.25, 0.3) is 5.91 Å². The van der Waals surface area contributed by atoms with E-state index in [9.17, 15) is 9.59 Å². The highest BCUT2D eigenvalue weighted by atomic mass is 16.5. The number of hydrogen-bond donors (Lipinski definition) is 3. The predicted molar refractivity (Wildman–Crippen MR) is 94.1 cm³/mol. The molecule has 0 saturated carbocycles. The molecule has 6 heteroatoms. The molecule has 1 atom stereocenters. The molecule has 132 valence electrons. The molecule has 2 rings (SSSR count). The molecule has 0 radical (unpaired) electrons. The van der Waals surface area contributed by atoms with Crippen molar-refractivity contribution in [1.82, 2.24) is 10.6 Å². The Kier molecular flexibility index (Phi) is 6.34. The van der Waals surface area contributed by atoms with Gasteiger partial charge >= 0.3 is 0 Å². The maximum Gasteiger partial charge on any atom is 0.251 e. The maximum atomic E-state index is 12.2. The third-order valence-electron chi connectivity index (χ3n) is 4.20. The van der Waals surface area contributed by atoms with Gasteiger partial charge in [-0.2, -0.15) is 0 Å². The highest BCUT2D eigenvalue weighted by Crippen LogP contribution is 2.13. The van der Waals surface area contributed by atoms with E-state index >= 15 is 0 Å². The molecule has 1 unspecified atom stereocenters. The van der Waals surface area contributed by atoms with E-state index < -0.39 is 0 Å². The van der Waals surface area contributed by atoms with Gasteiger partial charge in [0.1, 0.15) is 0 Å². The summed E-state index contributed by atoms with van der Waals surface area (Å²) in [5, 5.41) is 9.09. The summed E-state index contributed by atoms with van der Waals surface area (Å²) in [6.45, 7) is 8.03. The normalized spacial score (nSPS) is 18.0. The smallest absolute Gasteiger partial charge is 0.251 e. The number of ether oxygens (including phenoxy) is 1. The second-order valence-corrected chi connectivity index (χ2v) is 6.75. The van der Waals surface area contributed by atoms with E-state index in [1.807, 2.05) is 20.8 Å². The lowest BCUT2D eigenvalue weighted by molar-refractivity contribution is -0.117. The summed E-state index contributed by atoms with van der Waals surface area (Å²) in [5.74, 6) is -0.175. The Morgan fingerprint density at radius 1 is 1.29 bits per heavy atom. The zero-order valence-corrected chi connectivity index (χ0v) is 14.6. The van der Waals surface area contributed by atoms with Crippen molar-refractivity contribution in [1.29, 1.82) is 0 Å². The number of carbonyl (C=O) groups excluding carboxylic acids is 2. The molecule has 24 heavy (non-hydrogen) atoms. The first-order chi connectivity index (χ1) is 11.4. The summed E-state index contributed by atoms with van der Waals surface area (Å²) in [6.07, 6.45) is 1.22. The van der Waals surface area contributed by atoms with Crippen molar-refractivity contribution in [3.63, 3.8) is 0 Å². The van der Waals surface area contributed by atoms with E-state index in [-0.39, 0.29) is 23.4 Å². The molecule has 3 N–H and O–H groups in total. The third-order valence-corrected chi connectivity index (χ3v) is 4.20. The zero-order valence-electron chi connectivity index (χ0n) is 14.6. The molecule has 0 aliphatic carbocycles. The fourth-order valence-electron chi connectivity index (χ4n) is 2.36. The molecule has 1 aliphatic rings. The molecule has 1 fully saturated rings. The van der Waals surface area contributed by atoms with Crippen LogP contribution in [0.25, 0.3) is 0 Å². The van der Waals surface area contributed by atoms with E-state index in [4.69, 9.17) is 4.74 Å². The van der Waals surface area contributed by atoms with E-state index in [0.717, 1.165) is 13.0 Å². The predicted octanol–water partition coefficient (Wildman–Crippen LogP) is 1.92. The Morgan fingerprint density at radius 2 is 2.00 bits per heavy atom. The van der Waals surface area contributed by atoms with Crippen LogP contribution in [-0.2, 0) is 9.53 Å². The molecule has 6 nitrogen and oxygen atoms in total. The van der Waals surface area contributed by atoms with Gasteiger partial charge in [0.2, 0.25) is 5.91 Å². The third kappa shape index (κ3) is 5.62. The van der Waals surface area contributed by atoms with Crippen molar-refractivity contribution >= 4 is 17.5 Å². The van der Waals surface area contributed by atoms with Gasteiger partial charge in [-0.25, -0.2) is 0 Å². The lowest BCUT2D eigenvalue weighted by Crippen LogP contribution is -2.43. The van der Waals surface area contributed by atoms with Crippen molar-refractivity contribution in [3.05, 3.63) is 29.8 Å². The Morgan fingerprint density at radius 3 is 2.58 bits per heavy atom. The maximum absolute atomic E-state index is 12.2. The van der Waals surface area contributed by atoms with Crippen LogP contribution in [0.5, 0.6) is 0 Å².